The van der Waals surface area contributed by atoms with Crippen molar-refractivity contribution >= 4 is 22.8 Å². The van der Waals surface area contributed by atoms with E-state index in [4.69, 9.17) is 11.6 Å². The summed E-state index contributed by atoms with van der Waals surface area (Å²) in [6.45, 7) is 2.02. The summed E-state index contributed by atoms with van der Waals surface area (Å²) in [5, 5.41) is 7.90. The van der Waals surface area contributed by atoms with E-state index in [-0.39, 0.29) is 0 Å². The number of nitrogens with zero attached hydrogens (tertiary/aromatic N) is 3. The molecular weight excluding hydrogens is 176 g/mol. The van der Waals surface area contributed by atoms with E-state index in [1.54, 1.807) is 6.07 Å². The lowest BCUT2D eigenvalue weighted by Gasteiger charge is -1.85. The van der Waals surface area contributed by atoms with Crippen LogP contribution in [0.5, 0.6) is 0 Å². The van der Waals surface area contributed by atoms with Crippen molar-refractivity contribution in [1.29, 1.82) is 0 Å². The van der Waals surface area contributed by atoms with Crippen LogP contribution < -0.4 is 0 Å². The fourth-order valence-corrected chi connectivity index (χ4v) is 1.16. The summed E-state index contributed by atoms with van der Waals surface area (Å²) >= 11 is 5.65. The van der Waals surface area contributed by atoms with Gasteiger partial charge in [-0.2, -0.15) is 0 Å². The summed E-state index contributed by atoms with van der Waals surface area (Å²) in [7, 11) is 0. The molecule has 0 aromatic carbocycles. The number of imidazole rings is 1. The van der Waals surface area contributed by atoms with Gasteiger partial charge in [0, 0.05) is 12.5 Å². The molecule has 0 fully saturated rings. The van der Waals surface area contributed by atoms with Gasteiger partial charge in [0.25, 0.3) is 0 Å². The highest BCUT2D eigenvalue weighted by molar-refractivity contribution is 6.29. The van der Waals surface area contributed by atoms with E-state index in [2.05, 4.69) is 20.2 Å². The topological polar surface area (TPSA) is 54.5 Å². The van der Waals surface area contributed by atoms with E-state index in [9.17, 15) is 0 Å². The molecule has 0 aliphatic rings. The minimum absolute atomic E-state index is 0.383. The van der Waals surface area contributed by atoms with Gasteiger partial charge in [0.2, 0.25) is 0 Å². The Morgan fingerprint density at radius 3 is 3.08 bits per heavy atom. The second-order valence-corrected chi connectivity index (χ2v) is 2.83. The van der Waals surface area contributed by atoms with Crippen LogP contribution in [0.1, 0.15) is 12.7 Å². The zero-order chi connectivity index (χ0) is 8.55. The van der Waals surface area contributed by atoms with Gasteiger partial charge < -0.3 is 4.98 Å². The third-order valence-corrected chi connectivity index (χ3v) is 1.78. The van der Waals surface area contributed by atoms with E-state index < -0.39 is 0 Å². The fraction of sp³-hybridized carbons (Fsp3) is 0.286. The highest BCUT2D eigenvalue weighted by atomic mass is 35.5. The van der Waals surface area contributed by atoms with E-state index in [0.29, 0.717) is 10.8 Å². The summed E-state index contributed by atoms with van der Waals surface area (Å²) in [6.07, 6.45) is 0.855. The van der Waals surface area contributed by atoms with Crippen LogP contribution in [0.3, 0.4) is 0 Å². The first-order valence-corrected chi connectivity index (χ1v) is 4.05. The molecule has 0 radical (unpaired) electrons. The van der Waals surface area contributed by atoms with E-state index in [0.717, 1.165) is 17.8 Å². The number of aryl methyl sites for hydroxylation is 1. The van der Waals surface area contributed by atoms with Crippen LogP contribution in [0, 0.1) is 0 Å². The summed E-state index contributed by atoms with van der Waals surface area (Å²) < 4.78 is 0. The third kappa shape index (κ3) is 1.14. The van der Waals surface area contributed by atoms with Crippen molar-refractivity contribution in [3.63, 3.8) is 0 Å². The average Bonchev–Trinajstić information content (AvgIpc) is 2.46. The maximum Gasteiger partial charge on any atom is 0.200 e. The second kappa shape index (κ2) is 2.71. The molecule has 0 aliphatic carbocycles. The maximum absolute atomic E-state index is 5.65. The van der Waals surface area contributed by atoms with Crippen molar-refractivity contribution in [2.45, 2.75) is 13.3 Å². The molecule has 0 saturated carbocycles. The molecule has 2 rings (SSSR count). The molecule has 62 valence electrons. The first-order chi connectivity index (χ1) is 5.79. The number of aromatic nitrogens is 4. The third-order valence-electron chi connectivity index (χ3n) is 1.60. The zero-order valence-corrected chi connectivity index (χ0v) is 7.26. The Kier molecular flexibility index (Phi) is 1.69. The summed E-state index contributed by atoms with van der Waals surface area (Å²) in [5.74, 6) is 0.904. The van der Waals surface area contributed by atoms with Gasteiger partial charge in [-0.05, 0) is 0 Å². The predicted molar refractivity (Wildman–Crippen MR) is 46.1 cm³/mol. The van der Waals surface area contributed by atoms with Gasteiger partial charge in [0.15, 0.2) is 10.8 Å². The van der Waals surface area contributed by atoms with Crippen molar-refractivity contribution in [3.05, 3.63) is 17.0 Å². The predicted octanol–water partition coefficient (Wildman–Crippen LogP) is 1.57. The number of fused-ring (bicyclic) bond motifs is 1. The molecule has 12 heavy (non-hydrogen) atoms. The van der Waals surface area contributed by atoms with Crippen molar-refractivity contribution in [3.8, 4) is 0 Å². The number of nitrogens with one attached hydrogen (secondary N) is 1. The molecule has 2 aromatic rings. The van der Waals surface area contributed by atoms with Crippen LogP contribution >= 0.6 is 11.6 Å². The Labute approximate surface area is 74.0 Å². The molecule has 0 amide bonds. The first kappa shape index (κ1) is 7.49. The molecule has 0 atom stereocenters. The highest BCUT2D eigenvalue weighted by Gasteiger charge is 2.02. The number of rotatable bonds is 1. The lowest BCUT2D eigenvalue weighted by molar-refractivity contribution is 0.989. The minimum atomic E-state index is 0.383. The largest absolute Gasteiger partial charge is 0.340 e. The number of halogens is 1. The summed E-state index contributed by atoms with van der Waals surface area (Å²) in [6, 6.07) is 1.72. The maximum atomic E-state index is 5.65. The van der Waals surface area contributed by atoms with Crippen molar-refractivity contribution in [2.24, 2.45) is 0 Å². The zero-order valence-electron chi connectivity index (χ0n) is 6.50. The molecule has 0 unspecified atom stereocenters. The van der Waals surface area contributed by atoms with Crippen LogP contribution in [0.15, 0.2) is 6.07 Å². The Morgan fingerprint density at radius 2 is 2.33 bits per heavy atom. The number of hydrogen-bond acceptors (Lipinski definition) is 3. The van der Waals surface area contributed by atoms with Crippen LogP contribution in [-0.4, -0.2) is 20.2 Å². The monoisotopic (exact) mass is 182 g/mol. The van der Waals surface area contributed by atoms with Crippen LogP contribution in [0.4, 0.5) is 0 Å². The fourth-order valence-electron chi connectivity index (χ4n) is 1.01. The van der Waals surface area contributed by atoms with Gasteiger partial charge in [-0.3, -0.25) is 0 Å². The minimum Gasteiger partial charge on any atom is -0.340 e. The number of H-pyrrole nitrogens is 1. The molecule has 2 aromatic heterocycles. The van der Waals surface area contributed by atoms with E-state index >= 15 is 0 Å². The molecule has 2 heterocycles. The normalized spacial score (nSPS) is 10.8. The van der Waals surface area contributed by atoms with E-state index in [1.165, 1.54) is 0 Å². The van der Waals surface area contributed by atoms with Gasteiger partial charge >= 0.3 is 0 Å². The Balaban J connectivity index is 2.67. The molecule has 0 spiro atoms. The van der Waals surface area contributed by atoms with Gasteiger partial charge in [0.05, 0.1) is 5.52 Å². The van der Waals surface area contributed by atoms with Gasteiger partial charge in [-0.25, -0.2) is 4.98 Å². The van der Waals surface area contributed by atoms with Gasteiger partial charge in [-0.1, -0.05) is 18.5 Å². The Bertz CT molecular complexity index is 409. The molecule has 1 N–H and O–H groups in total. The molecular formula is C7H7ClN4. The summed E-state index contributed by atoms with van der Waals surface area (Å²) in [4.78, 5) is 7.27. The summed E-state index contributed by atoms with van der Waals surface area (Å²) in [5.41, 5.74) is 1.46. The van der Waals surface area contributed by atoms with E-state index in [1.807, 2.05) is 6.92 Å². The van der Waals surface area contributed by atoms with Crippen molar-refractivity contribution in [2.75, 3.05) is 0 Å². The molecule has 0 bridgehead atoms. The Morgan fingerprint density at radius 1 is 1.50 bits per heavy atom. The standard InChI is InChI=1S/C7H7ClN4/c1-2-6-9-4-3-5(8)11-12-7(4)10-6/h3H,2H2,1H3,(H,9,10,12). The quantitative estimate of drug-likeness (QED) is 0.729. The SMILES string of the molecule is CCc1nc2nnc(Cl)cc2[nH]1. The number of hydrogen-bond donors (Lipinski definition) is 1. The molecule has 5 heteroatoms. The van der Waals surface area contributed by atoms with Crippen LogP contribution in [-0.2, 0) is 6.42 Å². The Hall–Kier alpha value is -1.16. The average molecular weight is 183 g/mol. The van der Waals surface area contributed by atoms with Crippen molar-refractivity contribution in [1.82, 2.24) is 20.2 Å². The number of aromatic amines is 1. The van der Waals surface area contributed by atoms with Crippen LogP contribution in [0.25, 0.3) is 11.2 Å². The van der Waals surface area contributed by atoms with Crippen molar-refractivity contribution < 1.29 is 0 Å². The second-order valence-electron chi connectivity index (χ2n) is 2.44. The lowest BCUT2D eigenvalue weighted by atomic mass is 10.5. The van der Waals surface area contributed by atoms with Gasteiger partial charge in [0.1, 0.15) is 5.82 Å². The lowest BCUT2D eigenvalue weighted by Crippen LogP contribution is -1.82. The smallest absolute Gasteiger partial charge is 0.200 e. The molecule has 0 saturated heterocycles. The molecule has 0 aliphatic heterocycles. The van der Waals surface area contributed by atoms with Crippen LogP contribution in [0.2, 0.25) is 5.15 Å². The molecule has 4 nitrogen and oxygen atoms in total. The first-order valence-electron chi connectivity index (χ1n) is 3.67. The highest BCUT2D eigenvalue weighted by Crippen LogP contribution is 2.11. The van der Waals surface area contributed by atoms with Gasteiger partial charge in [-0.15, -0.1) is 10.2 Å².